The smallest absolute Gasteiger partial charge is 0.201 e. The Morgan fingerprint density at radius 2 is 1.93 bits per heavy atom. The van der Waals surface area contributed by atoms with Gasteiger partial charge in [-0.25, -0.2) is 4.58 Å². The zero-order valence-electron chi connectivity index (χ0n) is 17.9. The van der Waals surface area contributed by atoms with Crippen LogP contribution in [-0.2, 0) is 0 Å². The first-order valence-corrected chi connectivity index (χ1v) is 11.5. The SMILES string of the molecule is Cc1c(C)c2c3c(c1C#N)c1ccccc1n3C1=C(C(C)C)SC3C=C[N+](C)=C2C13. The van der Waals surface area contributed by atoms with Gasteiger partial charge in [0, 0.05) is 21.4 Å². The molecule has 2 aromatic carbocycles. The third kappa shape index (κ3) is 1.95. The molecule has 4 heteroatoms. The van der Waals surface area contributed by atoms with E-state index in [9.17, 15) is 5.26 Å². The minimum absolute atomic E-state index is 0.347. The maximum absolute atomic E-state index is 10.1. The maximum atomic E-state index is 10.1. The van der Waals surface area contributed by atoms with Crippen molar-refractivity contribution in [3.05, 3.63) is 63.7 Å². The predicted octanol–water partition coefficient (Wildman–Crippen LogP) is 5.81. The number of nitrogens with zero attached hydrogens (tertiary/aromatic N) is 3. The second-order valence-corrected chi connectivity index (χ2v) is 10.2. The monoisotopic (exact) mass is 410 g/mol. The second kappa shape index (κ2) is 5.89. The van der Waals surface area contributed by atoms with Crippen molar-refractivity contribution >= 4 is 45.0 Å². The molecule has 6 rings (SSSR count). The number of allylic oxidation sites excluding steroid dienone is 2. The third-order valence-corrected chi connectivity index (χ3v) is 8.76. The lowest BCUT2D eigenvalue weighted by molar-refractivity contribution is -0.426. The van der Waals surface area contributed by atoms with Crippen molar-refractivity contribution in [3.8, 4) is 6.07 Å². The lowest BCUT2D eigenvalue weighted by atomic mass is 9.80. The van der Waals surface area contributed by atoms with Crippen molar-refractivity contribution in [2.75, 3.05) is 7.05 Å². The molecule has 2 unspecified atom stereocenters. The van der Waals surface area contributed by atoms with Gasteiger partial charge < -0.3 is 4.57 Å². The summed E-state index contributed by atoms with van der Waals surface area (Å²) in [5.74, 6) is 0.815. The minimum Gasteiger partial charge on any atom is -0.310 e. The van der Waals surface area contributed by atoms with Crippen LogP contribution in [0.3, 0.4) is 0 Å². The van der Waals surface area contributed by atoms with Gasteiger partial charge in [-0.1, -0.05) is 32.0 Å². The van der Waals surface area contributed by atoms with E-state index < -0.39 is 0 Å². The van der Waals surface area contributed by atoms with Crippen LogP contribution in [0.2, 0.25) is 0 Å². The van der Waals surface area contributed by atoms with Gasteiger partial charge >= 0.3 is 0 Å². The van der Waals surface area contributed by atoms with Gasteiger partial charge in [-0.15, -0.1) is 11.8 Å². The number of para-hydroxylation sites is 1. The Morgan fingerprint density at radius 3 is 2.67 bits per heavy atom. The molecule has 3 aliphatic heterocycles. The fourth-order valence-electron chi connectivity index (χ4n) is 5.72. The van der Waals surface area contributed by atoms with Crippen LogP contribution in [0.15, 0.2) is 41.4 Å². The number of nitriles is 1. The summed E-state index contributed by atoms with van der Waals surface area (Å²) in [6, 6.07) is 11.2. The average Bonchev–Trinajstić information content (AvgIpc) is 3.28. The molecule has 3 aromatic rings. The van der Waals surface area contributed by atoms with Gasteiger partial charge in [-0.2, -0.15) is 5.26 Å². The highest BCUT2D eigenvalue weighted by atomic mass is 32.2. The Balaban J connectivity index is 1.97. The zero-order chi connectivity index (χ0) is 20.9. The summed E-state index contributed by atoms with van der Waals surface area (Å²) in [4.78, 5) is 1.48. The van der Waals surface area contributed by atoms with Crippen molar-refractivity contribution in [3.63, 3.8) is 0 Å². The normalized spacial score (nSPS) is 21.9. The molecule has 0 saturated heterocycles. The molecule has 3 aliphatic rings. The standard InChI is InChI=1S/C26H24N3S/c1-13(2)26-25-22-19(30-26)10-11-28(5)23(22)20-15(4)14(3)17(12-27)21-16-8-6-7-9-18(16)29(25)24(20)21/h6-11,13,19,22H,1-5H3/q+1. The molecule has 0 aliphatic carbocycles. The Bertz CT molecular complexity index is 1440. The lowest BCUT2D eigenvalue weighted by Crippen LogP contribution is -2.37. The number of fused-ring (bicyclic) bond motifs is 5. The first kappa shape index (κ1) is 18.0. The van der Waals surface area contributed by atoms with Gasteiger partial charge in [0.25, 0.3) is 0 Å². The van der Waals surface area contributed by atoms with Crippen LogP contribution in [0.5, 0.6) is 0 Å². The highest BCUT2D eigenvalue weighted by Gasteiger charge is 2.50. The molecular weight excluding hydrogens is 386 g/mol. The van der Waals surface area contributed by atoms with Gasteiger partial charge in [-0.05, 0) is 43.0 Å². The number of benzene rings is 2. The van der Waals surface area contributed by atoms with E-state index in [1.165, 1.54) is 43.9 Å². The summed E-state index contributed by atoms with van der Waals surface area (Å²) in [6.45, 7) is 8.92. The topological polar surface area (TPSA) is 31.7 Å². The predicted molar refractivity (Wildman–Crippen MR) is 126 cm³/mol. The van der Waals surface area contributed by atoms with Crippen LogP contribution in [0, 0.1) is 37.0 Å². The van der Waals surface area contributed by atoms with Gasteiger partial charge in [0.15, 0.2) is 6.20 Å². The van der Waals surface area contributed by atoms with Crippen LogP contribution in [-0.4, -0.2) is 27.2 Å². The van der Waals surface area contributed by atoms with Crippen molar-refractivity contribution < 1.29 is 4.58 Å². The van der Waals surface area contributed by atoms with Crippen LogP contribution >= 0.6 is 11.8 Å². The molecule has 0 bridgehead atoms. The van der Waals surface area contributed by atoms with E-state index in [1.54, 1.807) is 0 Å². The minimum atomic E-state index is 0.347. The van der Waals surface area contributed by atoms with Crippen LogP contribution in [0.4, 0.5) is 0 Å². The summed E-state index contributed by atoms with van der Waals surface area (Å²) in [7, 11) is 2.18. The number of aromatic nitrogens is 1. The van der Waals surface area contributed by atoms with Crippen molar-refractivity contribution in [2.24, 2.45) is 11.8 Å². The van der Waals surface area contributed by atoms with Gasteiger partial charge in [0.1, 0.15) is 19.0 Å². The van der Waals surface area contributed by atoms with Gasteiger partial charge in [-0.3, -0.25) is 0 Å². The van der Waals surface area contributed by atoms with E-state index >= 15 is 0 Å². The van der Waals surface area contributed by atoms with Crippen molar-refractivity contribution in [2.45, 2.75) is 32.9 Å². The molecular formula is C26H24N3S+. The molecule has 30 heavy (non-hydrogen) atoms. The van der Waals surface area contributed by atoms with Crippen LogP contribution in [0.25, 0.3) is 27.5 Å². The summed E-state index contributed by atoms with van der Waals surface area (Å²) in [6.07, 6.45) is 4.61. The number of thioether (sulfide) groups is 1. The van der Waals surface area contributed by atoms with Crippen molar-refractivity contribution in [1.29, 1.82) is 5.26 Å². The summed E-state index contributed by atoms with van der Waals surface area (Å²) < 4.78 is 4.83. The van der Waals surface area contributed by atoms with Gasteiger partial charge in [0.05, 0.1) is 27.4 Å². The van der Waals surface area contributed by atoms with Crippen LogP contribution in [0.1, 0.15) is 36.1 Å². The molecule has 1 aromatic heterocycles. The molecule has 0 amide bonds. The summed E-state index contributed by atoms with van der Waals surface area (Å²) >= 11 is 2.03. The van der Waals surface area contributed by atoms with E-state index in [1.807, 2.05) is 11.8 Å². The number of rotatable bonds is 1. The fraction of sp³-hybridized carbons (Fsp3) is 0.308. The largest absolute Gasteiger partial charge is 0.310 e. The molecule has 0 saturated carbocycles. The summed E-state index contributed by atoms with van der Waals surface area (Å²) in [5.41, 5.74) is 9.76. The molecule has 3 nitrogen and oxygen atoms in total. The molecule has 0 fully saturated rings. The van der Waals surface area contributed by atoms with Crippen LogP contribution < -0.4 is 0 Å². The van der Waals surface area contributed by atoms with E-state index in [4.69, 9.17) is 0 Å². The Labute approximate surface area is 181 Å². The van der Waals surface area contributed by atoms with Crippen molar-refractivity contribution in [1.82, 2.24) is 4.57 Å². The molecule has 0 N–H and O–H groups in total. The molecule has 0 spiro atoms. The van der Waals surface area contributed by atoms with E-state index in [0.717, 1.165) is 16.5 Å². The van der Waals surface area contributed by atoms with E-state index in [0.29, 0.717) is 17.1 Å². The molecule has 0 radical (unpaired) electrons. The highest BCUT2D eigenvalue weighted by molar-refractivity contribution is 8.04. The first-order chi connectivity index (χ1) is 14.5. The quantitative estimate of drug-likeness (QED) is 0.474. The third-order valence-electron chi connectivity index (χ3n) is 7.12. The Morgan fingerprint density at radius 1 is 1.17 bits per heavy atom. The molecule has 2 atom stereocenters. The maximum Gasteiger partial charge on any atom is 0.201 e. The Hall–Kier alpha value is -2.77. The highest BCUT2D eigenvalue weighted by Crippen LogP contribution is 2.56. The first-order valence-electron chi connectivity index (χ1n) is 10.6. The molecule has 148 valence electrons. The van der Waals surface area contributed by atoms with E-state index in [-0.39, 0.29) is 0 Å². The average molecular weight is 411 g/mol. The lowest BCUT2D eigenvalue weighted by Gasteiger charge is -2.30. The zero-order valence-corrected chi connectivity index (χ0v) is 18.8. The second-order valence-electron chi connectivity index (χ2n) is 8.99. The Kier molecular flexibility index (Phi) is 3.54. The number of hydrogen-bond donors (Lipinski definition) is 0. The number of hydrogen-bond acceptors (Lipinski definition) is 2. The molecule has 4 heterocycles. The van der Waals surface area contributed by atoms with E-state index in [2.05, 4.69) is 86.5 Å². The summed E-state index contributed by atoms with van der Waals surface area (Å²) in [5, 5.41) is 12.9. The van der Waals surface area contributed by atoms with Gasteiger partial charge in [0.2, 0.25) is 5.71 Å². The fourth-order valence-corrected chi connectivity index (χ4v) is 7.17.